The van der Waals surface area contributed by atoms with Gasteiger partial charge in [-0.15, -0.1) is 0 Å². The Bertz CT molecular complexity index is 629. The van der Waals surface area contributed by atoms with Crippen LogP contribution >= 0.6 is 0 Å². The van der Waals surface area contributed by atoms with E-state index in [9.17, 15) is 4.79 Å². The molecule has 0 spiro atoms. The molecule has 1 aliphatic rings. The minimum atomic E-state index is -0.0245. The van der Waals surface area contributed by atoms with Crippen LogP contribution in [0.1, 0.15) is 44.4 Å². The predicted octanol–water partition coefficient (Wildman–Crippen LogP) is 2.77. The highest BCUT2D eigenvalue weighted by Crippen LogP contribution is 2.40. The first-order chi connectivity index (χ1) is 9.61. The van der Waals surface area contributed by atoms with Gasteiger partial charge in [0.05, 0.1) is 0 Å². The van der Waals surface area contributed by atoms with Crippen molar-refractivity contribution >= 4 is 22.7 Å². The lowest BCUT2D eigenvalue weighted by Crippen LogP contribution is -2.19. The van der Waals surface area contributed by atoms with Crippen molar-refractivity contribution in [2.45, 2.75) is 44.6 Å². The molecular weight excluding hydrogens is 254 g/mol. The van der Waals surface area contributed by atoms with Gasteiger partial charge in [-0.1, -0.05) is 0 Å². The standard InChI is InChI=1S/C15H19N3O2/c1-9(16)2-7-14(19)17-11-5-6-12-13(8-11)20-15(18-12)10-3-4-10/h5-6,8-10H,2-4,7,16H2,1H3,(H,17,19). The highest BCUT2D eigenvalue weighted by Gasteiger charge is 2.28. The van der Waals surface area contributed by atoms with E-state index in [2.05, 4.69) is 10.3 Å². The van der Waals surface area contributed by atoms with Gasteiger partial charge in [-0.25, -0.2) is 4.98 Å². The molecule has 1 aliphatic carbocycles. The van der Waals surface area contributed by atoms with Gasteiger partial charge < -0.3 is 15.5 Å². The number of aromatic nitrogens is 1. The second-order valence-electron chi connectivity index (χ2n) is 5.57. The molecule has 0 radical (unpaired) electrons. The molecule has 5 heteroatoms. The molecule has 1 heterocycles. The van der Waals surface area contributed by atoms with E-state index < -0.39 is 0 Å². The first-order valence-electron chi connectivity index (χ1n) is 7.08. The molecule has 1 aromatic carbocycles. The third-order valence-corrected chi connectivity index (χ3v) is 3.44. The number of rotatable bonds is 5. The third kappa shape index (κ3) is 2.99. The Kier molecular flexibility index (Phi) is 3.44. The number of anilines is 1. The van der Waals surface area contributed by atoms with Crippen LogP contribution in [-0.2, 0) is 4.79 Å². The van der Waals surface area contributed by atoms with Gasteiger partial charge in [-0.05, 0) is 38.3 Å². The first kappa shape index (κ1) is 13.1. The van der Waals surface area contributed by atoms with E-state index >= 15 is 0 Å². The van der Waals surface area contributed by atoms with Crippen LogP contribution in [0, 0.1) is 0 Å². The second-order valence-corrected chi connectivity index (χ2v) is 5.57. The number of hydrogen-bond donors (Lipinski definition) is 2. The van der Waals surface area contributed by atoms with Gasteiger partial charge in [0.1, 0.15) is 5.52 Å². The molecule has 3 rings (SSSR count). The molecule has 0 aliphatic heterocycles. The molecule has 1 amide bonds. The van der Waals surface area contributed by atoms with Crippen molar-refractivity contribution in [3.05, 3.63) is 24.1 Å². The Morgan fingerprint density at radius 2 is 2.35 bits per heavy atom. The third-order valence-electron chi connectivity index (χ3n) is 3.44. The maximum absolute atomic E-state index is 11.8. The fraction of sp³-hybridized carbons (Fsp3) is 0.467. The maximum atomic E-state index is 11.8. The van der Waals surface area contributed by atoms with E-state index in [1.165, 1.54) is 0 Å². The highest BCUT2D eigenvalue weighted by atomic mass is 16.3. The summed E-state index contributed by atoms with van der Waals surface area (Å²) in [7, 11) is 0. The zero-order valence-corrected chi connectivity index (χ0v) is 11.6. The van der Waals surface area contributed by atoms with Crippen molar-refractivity contribution in [1.29, 1.82) is 0 Å². The summed E-state index contributed by atoms with van der Waals surface area (Å²) >= 11 is 0. The molecule has 0 bridgehead atoms. The Morgan fingerprint density at radius 1 is 1.55 bits per heavy atom. The molecule has 1 fully saturated rings. The van der Waals surface area contributed by atoms with Crippen molar-refractivity contribution in [1.82, 2.24) is 4.98 Å². The number of oxazole rings is 1. The summed E-state index contributed by atoms with van der Waals surface area (Å²) in [5.74, 6) is 1.29. The monoisotopic (exact) mass is 273 g/mol. The lowest BCUT2D eigenvalue weighted by molar-refractivity contribution is -0.116. The number of nitrogens with one attached hydrogen (secondary N) is 1. The molecule has 0 saturated heterocycles. The van der Waals surface area contributed by atoms with Crippen molar-refractivity contribution in [2.75, 3.05) is 5.32 Å². The van der Waals surface area contributed by atoms with Gasteiger partial charge in [-0.3, -0.25) is 4.79 Å². The maximum Gasteiger partial charge on any atom is 0.224 e. The van der Waals surface area contributed by atoms with Crippen LogP contribution in [0.4, 0.5) is 5.69 Å². The number of hydrogen-bond acceptors (Lipinski definition) is 4. The van der Waals surface area contributed by atoms with Gasteiger partial charge >= 0.3 is 0 Å². The highest BCUT2D eigenvalue weighted by molar-refractivity contribution is 5.92. The minimum absolute atomic E-state index is 0.0245. The van der Waals surface area contributed by atoms with E-state index in [1.807, 2.05) is 25.1 Å². The zero-order valence-electron chi connectivity index (χ0n) is 11.6. The number of benzene rings is 1. The van der Waals surface area contributed by atoms with E-state index in [1.54, 1.807) is 0 Å². The molecule has 106 valence electrons. The normalized spacial score (nSPS) is 16.3. The van der Waals surface area contributed by atoms with Gasteiger partial charge in [-0.2, -0.15) is 0 Å². The van der Waals surface area contributed by atoms with E-state index in [0.717, 1.165) is 35.5 Å². The van der Waals surface area contributed by atoms with Crippen molar-refractivity contribution in [2.24, 2.45) is 5.73 Å². The quantitative estimate of drug-likeness (QED) is 0.877. The summed E-state index contributed by atoms with van der Waals surface area (Å²) in [4.78, 5) is 16.2. The molecule has 2 aromatic rings. The molecule has 1 atom stereocenters. The van der Waals surface area contributed by atoms with Crippen molar-refractivity contribution < 1.29 is 9.21 Å². The lowest BCUT2D eigenvalue weighted by Gasteiger charge is -2.06. The number of nitrogens with two attached hydrogens (primary N) is 1. The van der Waals surface area contributed by atoms with Gasteiger partial charge in [0.2, 0.25) is 5.91 Å². The Labute approximate surface area is 117 Å². The summed E-state index contributed by atoms with van der Waals surface area (Å²) in [6.07, 6.45) is 3.43. The first-order valence-corrected chi connectivity index (χ1v) is 7.08. The molecule has 1 unspecified atom stereocenters. The Morgan fingerprint density at radius 3 is 3.05 bits per heavy atom. The largest absolute Gasteiger partial charge is 0.440 e. The summed E-state index contributed by atoms with van der Waals surface area (Å²) in [5.41, 5.74) is 7.96. The topological polar surface area (TPSA) is 81.2 Å². The Hall–Kier alpha value is -1.88. The number of carbonyl (C=O) groups is 1. The molecule has 5 nitrogen and oxygen atoms in total. The minimum Gasteiger partial charge on any atom is -0.440 e. The predicted molar refractivity (Wildman–Crippen MR) is 77.5 cm³/mol. The average Bonchev–Trinajstić information content (AvgIpc) is 3.16. The average molecular weight is 273 g/mol. The van der Waals surface area contributed by atoms with Crippen LogP contribution in [0.2, 0.25) is 0 Å². The van der Waals surface area contributed by atoms with E-state index in [4.69, 9.17) is 10.2 Å². The van der Waals surface area contributed by atoms with Crippen LogP contribution in [0.25, 0.3) is 11.1 Å². The molecule has 1 aromatic heterocycles. The fourth-order valence-corrected chi connectivity index (χ4v) is 2.11. The van der Waals surface area contributed by atoms with Crippen LogP contribution in [0.15, 0.2) is 22.6 Å². The van der Waals surface area contributed by atoms with Gasteiger partial charge in [0.25, 0.3) is 0 Å². The Balaban J connectivity index is 1.70. The van der Waals surface area contributed by atoms with Crippen LogP contribution in [0.5, 0.6) is 0 Å². The van der Waals surface area contributed by atoms with Crippen molar-refractivity contribution in [3.8, 4) is 0 Å². The zero-order chi connectivity index (χ0) is 14.1. The molecule has 1 saturated carbocycles. The SMILES string of the molecule is CC(N)CCC(=O)Nc1ccc2nc(C3CC3)oc2c1. The number of fused-ring (bicyclic) bond motifs is 1. The van der Waals surface area contributed by atoms with Crippen LogP contribution < -0.4 is 11.1 Å². The molecular formula is C15H19N3O2. The van der Waals surface area contributed by atoms with E-state index in [0.29, 0.717) is 18.8 Å². The number of nitrogens with zero attached hydrogens (tertiary/aromatic N) is 1. The van der Waals surface area contributed by atoms with Gasteiger partial charge in [0, 0.05) is 30.1 Å². The number of carbonyl (C=O) groups excluding carboxylic acids is 1. The molecule has 3 N–H and O–H groups in total. The van der Waals surface area contributed by atoms with E-state index in [-0.39, 0.29) is 11.9 Å². The summed E-state index contributed by atoms with van der Waals surface area (Å²) in [6, 6.07) is 5.61. The van der Waals surface area contributed by atoms with Gasteiger partial charge in [0.15, 0.2) is 11.5 Å². The van der Waals surface area contributed by atoms with Crippen molar-refractivity contribution in [3.63, 3.8) is 0 Å². The van der Waals surface area contributed by atoms with Crippen LogP contribution in [-0.4, -0.2) is 16.9 Å². The van der Waals surface area contributed by atoms with Crippen LogP contribution in [0.3, 0.4) is 0 Å². The summed E-state index contributed by atoms with van der Waals surface area (Å²) in [6.45, 7) is 1.90. The second kappa shape index (κ2) is 5.25. The number of amides is 1. The lowest BCUT2D eigenvalue weighted by atomic mass is 10.2. The smallest absolute Gasteiger partial charge is 0.224 e. The summed E-state index contributed by atoms with van der Waals surface area (Å²) in [5, 5.41) is 2.86. The summed E-state index contributed by atoms with van der Waals surface area (Å²) < 4.78 is 5.73. The fourth-order valence-electron chi connectivity index (χ4n) is 2.11. The molecule has 20 heavy (non-hydrogen) atoms.